The van der Waals surface area contributed by atoms with Gasteiger partial charge in [-0.3, -0.25) is 4.79 Å². The van der Waals surface area contributed by atoms with E-state index in [1.807, 2.05) is 84.4 Å². The number of nitrogens with two attached hydrogens (primary N) is 1. The predicted octanol–water partition coefficient (Wildman–Crippen LogP) is 4.40. The number of nitrogens with zero attached hydrogens (tertiary/aromatic N) is 5. The number of amides is 1. The van der Waals surface area contributed by atoms with E-state index in [2.05, 4.69) is 9.97 Å². The van der Waals surface area contributed by atoms with Crippen molar-refractivity contribution in [2.45, 2.75) is 0 Å². The van der Waals surface area contributed by atoms with Gasteiger partial charge in [-0.15, -0.1) is 0 Å². The summed E-state index contributed by atoms with van der Waals surface area (Å²) in [5, 5.41) is 1.42. The van der Waals surface area contributed by atoms with Gasteiger partial charge in [0.05, 0.1) is 5.39 Å². The minimum Gasteiger partial charge on any atom is -0.383 e. The van der Waals surface area contributed by atoms with Crippen LogP contribution in [0.25, 0.3) is 27.8 Å². The Kier molecular flexibility index (Phi) is 6.44. The Morgan fingerprint density at radius 1 is 1.12 bits per heavy atom. The first-order valence-electron chi connectivity index (χ1n) is 10.4. The standard InChI is InChI=1S/C25H25ClN6O/c1-30(2)13-5-8-22(33)31(3)19-6-4-7-20(14-19)32-15-21(17-9-11-18(26)12-10-17)23-24(27)28-16-29-25(23)32/h4-12,14-16H,13H2,1-3H3,(H2,27,28,29). The molecule has 7 nitrogen and oxygen atoms in total. The molecule has 0 radical (unpaired) electrons. The fourth-order valence-corrected chi connectivity index (χ4v) is 3.71. The minimum atomic E-state index is -0.0974. The van der Waals surface area contributed by atoms with Gasteiger partial charge in [-0.25, -0.2) is 9.97 Å². The highest BCUT2D eigenvalue weighted by Gasteiger charge is 2.17. The van der Waals surface area contributed by atoms with E-state index < -0.39 is 0 Å². The predicted molar refractivity (Wildman–Crippen MR) is 135 cm³/mol. The van der Waals surface area contributed by atoms with Gasteiger partial charge in [0.25, 0.3) is 0 Å². The molecule has 1 amide bonds. The third-order valence-corrected chi connectivity index (χ3v) is 5.58. The molecule has 2 aromatic carbocycles. The highest BCUT2D eigenvalue weighted by molar-refractivity contribution is 6.30. The van der Waals surface area contributed by atoms with E-state index in [0.29, 0.717) is 23.0 Å². The molecule has 0 bridgehead atoms. The molecule has 4 aromatic rings. The third-order valence-electron chi connectivity index (χ3n) is 5.32. The van der Waals surface area contributed by atoms with Crippen molar-refractivity contribution in [3.63, 3.8) is 0 Å². The van der Waals surface area contributed by atoms with Crippen LogP contribution in [-0.4, -0.2) is 53.0 Å². The summed E-state index contributed by atoms with van der Waals surface area (Å²) in [6.07, 6.45) is 6.87. The van der Waals surface area contributed by atoms with Crippen molar-refractivity contribution in [2.75, 3.05) is 38.3 Å². The number of benzene rings is 2. The number of nitrogen functional groups attached to an aromatic ring is 1. The van der Waals surface area contributed by atoms with Crippen LogP contribution >= 0.6 is 11.6 Å². The number of carbonyl (C=O) groups excluding carboxylic acids is 1. The zero-order valence-electron chi connectivity index (χ0n) is 18.7. The molecule has 0 aliphatic carbocycles. The van der Waals surface area contributed by atoms with E-state index in [1.54, 1.807) is 18.0 Å². The normalized spacial score (nSPS) is 11.5. The van der Waals surface area contributed by atoms with E-state index in [-0.39, 0.29) is 5.91 Å². The second-order valence-electron chi connectivity index (χ2n) is 7.96. The summed E-state index contributed by atoms with van der Waals surface area (Å²) in [7, 11) is 5.67. The number of hydrogen-bond donors (Lipinski definition) is 1. The molecule has 4 rings (SSSR count). The molecule has 0 fully saturated rings. The number of likely N-dealkylation sites (N-methyl/N-ethyl adjacent to an activating group) is 2. The minimum absolute atomic E-state index is 0.0974. The van der Waals surface area contributed by atoms with Crippen molar-refractivity contribution in [1.29, 1.82) is 0 Å². The first-order chi connectivity index (χ1) is 15.8. The Morgan fingerprint density at radius 2 is 1.88 bits per heavy atom. The summed E-state index contributed by atoms with van der Waals surface area (Å²) in [6.45, 7) is 0.698. The van der Waals surface area contributed by atoms with Crippen LogP contribution in [0.2, 0.25) is 5.02 Å². The SMILES string of the molecule is CN(C)CC=CC(=O)N(C)c1cccc(-n2cc(-c3ccc(Cl)cc3)c3c(N)ncnc32)c1. The average Bonchev–Trinajstić information content (AvgIpc) is 3.20. The maximum Gasteiger partial charge on any atom is 0.250 e. The van der Waals surface area contributed by atoms with Crippen LogP contribution in [0.1, 0.15) is 0 Å². The summed E-state index contributed by atoms with van der Waals surface area (Å²) in [4.78, 5) is 24.9. The lowest BCUT2D eigenvalue weighted by Gasteiger charge is -2.17. The Labute approximate surface area is 197 Å². The molecular weight excluding hydrogens is 436 g/mol. The molecule has 0 atom stereocenters. The lowest BCUT2D eigenvalue weighted by molar-refractivity contribution is -0.113. The molecule has 0 aliphatic heterocycles. The highest BCUT2D eigenvalue weighted by atomic mass is 35.5. The molecule has 0 unspecified atom stereocenters. The zero-order valence-corrected chi connectivity index (χ0v) is 19.5. The topological polar surface area (TPSA) is 80.3 Å². The van der Waals surface area contributed by atoms with Gasteiger partial charge in [-0.2, -0.15) is 0 Å². The van der Waals surface area contributed by atoms with Gasteiger partial charge in [0.15, 0.2) is 5.65 Å². The molecule has 2 aromatic heterocycles. The molecule has 8 heteroatoms. The van der Waals surface area contributed by atoms with Gasteiger partial charge in [0.2, 0.25) is 5.91 Å². The van der Waals surface area contributed by atoms with E-state index in [1.165, 1.54) is 6.33 Å². The van der Waals surface area contributed by atoms with Crippen LogP contribution < -0.4 is 10.6 Å². The molecular formula is C25H25ClN6O. The number of rotatable bonds is 6. The number of hydrogen-bond acceptors (Lipinski definition) is 5. The highest BCUT2D eigenvalue weighted by Crippen LogP contribution is 2.35. The van der Waals surface area contributed by atoms with Crippen LogP contribution in [-0.2, 0) is 4.79 Å². The summed E-state index contributed by atoms with van der Waals surface area (Å²) < 4.78 is 1.96. The molecule has 0 saturated carbocycles. The van der Waals surface area contributed by atoms with Crippen molar-refractivity contribution in [3.05, 3.63) is 78.2 Å². The second kappa shape index (κ2) is 9.44. The Balaban J connectivity index is 1.76. The van der Waals surface area contributed by atoms with Gasteiger partial charge in [-0.05, 0) is 50.0 Å². The van der Waals surface area contributed by atoms with Crippen molar-refractivity contribution >= 4 is 40.0 Å². The smallest absolute Gasteiger partial charge is 0.250 e. The second-order valence-corrected chi connectivity index (χ2v) is 8.40. The largest absolute Gasteiger partial charge is 0.383 e. The quantitative estimate of drug-likeness (QED) is 0.431. The molecule has 0 saturated heterocycles. The average molecular weight is 461 g/mol. The molecule has 0 spiro atoms. The van der Waals surface area contributed by atoms with Gasteiger partial charge in [0.1, 0.15) is 12.1 Å². The van der Waals surface area contributed by atoms with Gasteiger partial charge in [-0.1, -0.05) is 35.9 Å². The molecule has 168 valence electrons. The van der Waals surface area contributed by atoms with Crippen LogP contribution in [0.5, 0.6) is 0 Å². The Hall–Kier alpha value is -3.68. The van der Waals surface area contributed by atoms with Crippen LogP contribution in [0.3, 0.4) is 0 Å². The third kappa shape index (κ3) is 4.74. The molecule has 33 heavy (non-hydrogen) atoms. The van der Waals surface area contributed by atoms with Gasteiger partial charge < -0.3 is 20.1 Å². The number of anilines is 2. The summed E-state index contributed by atoms with van der Waals surface area (Å²) in [6, 6.07) is 15.3. The summed E-state index contributed by atoms with van der Waals surface area (Å²) in [5.41, 5.74) is 10.4. The van der Waals surface area contributed by atoms with Crippen LogP contribution in [0.4, 0.5) is 11.5 Å². The fourth-order valence-electron chi connectivity index (χ4n) is 3.59. The van der Waals surface area contributed by atoms with E-state index in [9.17, 15) is 4.79 Å². The summed E-state index contributed by atoms with van der Waals surface area (Å²) in [5.74, 6) is 0.304. The number of halogens is 1. The maximum atomic E-state index is 12.6. The van der Waals surface area contributed by atoms with Crippen molar-refractivity contribution in [3.8, 4) is 16.8 Å². The number of carbonyl (C=O) groups is 1. The van der Waals surface area contributed by atoms with Crippen LogP contribution in [0.15, 0.2) is 73.2 Å². The van der Waals surface area contributed by atoms with Crippen molar-refractivity contribution < 1.29 is 4.79 Å². The Bertz CT molecular complexity index is 1330. The zero-order chi connectivity index (χ0) is 23.5. The maximum absolute atomic E-state index is 12.6. The fraction of sp³-hybridized carbons (Fsp3) is 0.160. The first-order valence-corrected chi connectivity index (χ1v) is 10.8. The van der Waals surface area contributed by atoms with E-state index >= 15 is 0 Å². The van der Waals surface area contributed by atoms with E-state index in [0.717, 1.165) is 27.9 Å². The molecule has 2 heterocycles. The lowest BCUT2D eigenvalue weighted by atomic mass is 10.1. The molecule has 2 N–H and O–H groups in total. The van der Waals surface area contributed by atoms with Crippen molar-refractivity contribution in [1.82, 2.24) is 19.4 Å². The number of aromatic nitrogens is 3. The molecule has 0 aliphatic rings. The first kappa shape index (κ1) is 22.5. The van der Waals surface area contributed by atoms with Crippen molar-refractivity contribution in [2.24, 2.45) is 0 Å². The van der Waals surface area contributed by atoms with Gasteiger partial charge >= 0.3 is 0 Å². The lowest BCUT2D eigenvalue weighted by Crippen LogP contribution is -2.24. The van der Waals surface area contributed by atoms with Gasteiger partial charge in [0, 0.05) is 47.8 Å². The monoisotopic (exact) mass is 460 g/mol. The van der Waals surface area contributed by atoms with Crippen LogP contribution in [0, 0.1) is 0 Å². The summed E-state index contributed by atoms with van der Waals surface area (Å²) >= 11 is 6.08. The van der Waals surface area contributed by atoms with E-state index in [4.69, 9.17) is 17.3 Å². The number of fused-ring (bicyclic) bond motifs is 1. The Morgan fingerprint density at radius 3 is 2.61 bits per heavy atom.